The third-order valence-corrected chi connectivity index (χ3v) is 5.58. The van der Waals surface area contributed by atoms with Crippen molar-refractivity contribution in [2.45, 2.75) is 51.3 Å². The smallest absolute Gasteiger partial charge is 0.227 e. The van der Waals surface area contributed by atoms with Crippen LogP contribution in [0.2, 0.25) is 0 Å². The first-order valence-electron chi connectivity index (χ1n) is 9.37. The van der Waals surface area contributed by atoms with Crippen LogP contribution in [-0.4, -0.2) is 32.2 Å². The highest BCUT2D eigenvalue weighted by atomic mass is 19.1. The van der Waals surface area contributed by atoms with Crippen molar-refractivity contribution in [3.8, 4) is 0 Å². The Labute approximate surface area is 152 Å². The van der Waals surface area contributed by atoms with E-state index in [1.165, 1.54) is 12.5 Å². The molecule has 0 saturated heterocycles. The molecule has 0 radical (unpaired) electrons. The van der Waals surface area contributed by atoms with Gasteiger partial charge in [-0.2, -0.15) is 5.10 Å². The summed E-state index contributed by atoms with van der Waals surface area (Å²) in [5.41, 5.74) is 2.09. The van der Waals surface area contributed by atoms with Gasteiger partial charge in [0.25, 0.3) is 0 Å². The van der Waals surface area contributed by atoms with Crippen LogP contribution in [0.15, 0.2) is 30.3 Å². The molecule has 1 aromatic carbocycles. The van der Waals surface area contributed by atoms with E-state index in [9.17, 15) is 14.3 Å². The molecule has 0 spiro atoms. The van der Waals surface area contributed by atoms with E-state index in [4.69, 9.17) is 0 Å². The summed E-state index contributed by atoms with van der Waals surface area (Å²) in [5, 5.41) is 15.0. The predicted octanol–water partition coefficient (Wildman–Crippen LogP) is 2.83. The van der Waals surface area contributed by atoms with Crippen LogP contribution in [0, 0.1) is 11.7 Å². The van der Waals surface area contributed by atoms with Crippen molar-refractivity contribution in [3.05, 3.63) is 53.1 Å². The minimum Gasteiger partial charge on any atom is -0.386 e. The second-order valence-corrected chi connectivity index (χ2v) is 7.36. The molecule has 6 heteroatoms. The molecule has 2 aromatic rings. The van der Waals surface area contributed by atoms with Crippen LogP contribution in [-0.2, 0) is 24.3 Å². The van der Waals surface area contributed by atoms with Crippen LogP contribution >= 0.6 is 0 Å². The molecule has 2 heterocycles. The average Bonchev–Trinajstić information content (AvgIpc) is 2.87. The standard InChI is InChI=1S/C20H24FN3O2/c21-17-8-2-1-5-15(17)11-19(25)23-9-4-10-24-16(13-23)12-18(22-24)20(26)14-6-3-7-14/h1-2,5,8,12,14,20,26H,3-4,6-7,9-11,13H2/t20-/m1/s1. The van der Waals surface area contributed by atoms with Crippen molar-refractivity contribution in [1.29, 1.82) is 0 Å². The summed E-state index contributed by atoms with van der Waals surface area (Å²) in [5.74, 6) is -0.106. The number of fused-ring (bicyclic) bond motifs is 1. The van der Waals surface area contributed by atoms with Crippen LogP contribution in [0.1, 0.15) is 48.7 Å². The number of aromatic nitrogens is 2. The highest BCUT2D eigenvalue weighted by Crippen LogP contribution is 2.37. The number of aliphatic hydroxyl groups excluding tert-OH is 1. The van der Waals surface area contributed by atoms with Gasteiger partial charge < -0.3 is 10.0 Å². The molecule has 1 N–H and O–H groups in total. The number of carbonyl (C=O) groups is 1. The molecular weight excluding hydrogens is 333 g/mol. The Morgan fingerprint density at radius 2 is 2.08 bits per heavy atom. The van der Waals surface area contributed by atoms with Gasteiger partial charge in [-0.3, -0.25) is 9.48 Å². The minimum absolute atomic E-state index is 0.0678. The van der Waals surface area contributed by atoms with E-state index in [1.807, 2.05) is 10.7 Å². The number of nitrogens with zero attached hydrogens (tertiary/aromatic N) is 3. The van der Waals surface area contributed by atoms with Gasteiger partial charge in [0.2, 0.25) is 5.91 Å². The van der Waals surface area contributed by atoms with Crippen molar-refractivity contribution in [2.24, 2.45) is 5.92 Å². The van der Waals surface area contributed by atoms with Gasteiger partial charge in [0.1, 0.15) is 11.9 Å². The van der Waals surface area contributed by atoms with Crippen LogP contribution in [0.25, 0.3) is 0 Å². The lowest BCUT2D eigenvalue weighted by atomic mass is 9.80. The number of rotatable bonds is 4. The molecule has 1 aromatic heterocycles. The molecule has 1 fully saturated rings. The van der Waals surface area contributed by atoms with E-state index < -0.39 is 6.10 Å². The van der Waals surface area contributed by atoms with Crippen LogP contribution in [0.3, 0.4) is 0 Å². The molecule has 26 heavy (non-hydrogen) atoms. The van der Waals surface area contributed by atoms with Crippen LogP contribution in [0.5, 0.6) is 0 Å². The molecule has 0 unspecified atom stereocenters. The molecule has 1 aliphatic carbocycles. The molecule has 138 valence electrons. The first-order valence-corrected chi connectivity index (χ1v) is 9.37. The minimum atomic E-state index is -0.509. The van der Waals surface area contributed by atoms with Gasteiger partial charge in [0.05, 0.1) is 24.4 Å². The fourth-order valence-electron chi connectivity index (χ4n) is 3.76. The van der Waals surface area contributed by atoms with Crippen molar-refractivity contribution < 1.29 is 14.3 Å². The van der Waals surface area contributed by atoms with Gasteiger partial charge in [-0.25, -0.2) is 4.39 Å². The third-order valence-electron chi connectivity index (χ3n) is 5.58. The summed E-state index contributed by atoms with van der Waals surface area (Å²) in [6, 6.07) is 8.34. The first kappa shape index (κ1) is 17.2. The van der Waals surface area contributed by atoms with Crippen molar-refractivity contribution in [3.63, 3.8) is 0 Å². The molecule has 1 atom stereocenters. The lowest BCUT2D eigenvalue weighted by molar-refractivity contribution is -0.131. The lowest BCUT2D eigenvalue weighted by Gasteiger charge is -2.29. The Morgan fingerprint density at radius 1 is 1.27 bits per heavy atom. The van der Waals surface area contributed by atoms with E-state index in [0.29, 0.717) is 30.3 Å². The molecule has 1 amide bonds. The van der Waals surface area contributed by atoms with Crippen LogP contribution in [0.4, 0.5) is 4.39 Å². The molecule has 4 rings (SSSR count). The Bertz CT molecular complexity index is 800. The zero-order valence-electron chi connectivity index (χ0n) is 14.8. The van der Waals surface area contributed by atoms with E-state index in [2.05, 4.69) is 5.10 Å². The number of aliphatic hydroxyl groups is 1. The lowest BCUT2D eigenvalue weighted by Crippen LogP contribution is -2.32. The summed E-state index contributed by atoms with van der Waals surface area (Å²) in [7, 11) is 0. The maximum absolute atomic E-state index is 13.8. The van der Waals surface area contributed by atoms with Crippen molar-refractivity contribution in [1.82, 2.24) is 14.7 Å². The van der Waals surface area contributed by atoms with Gasteiger partial charge in [0.15, 0.2) is 0 Å². The van der Waals surface area contributed by atoms with Crippen molar-refractivity contribution in [2.75, 3.05) is 6.54 Å². The number of hydrogen-bond donors (Lipinski definition) is 1. The Hall–Kier alpha value is -2.21. The van der Waals surface area contributed by atoms with E-state index in [-0.39, 0.29) is 18.1 Å². The first-order chi connectivity index (χ1) is 12.6. The molecule has 1 saturated carbocycles. The maximum atomic E-state index is 13.8. The van der Waals surface area contributed by atoms with Crippen molar-refractivity contribution >= 4 is 5.91 Å². The number of halogens is 1. The summed E-state index contributed by atoms with van der Waals surface area (Å²) in [6.07, 6.45) is 3.64. The molecule has 0 bridgehead atoms. The second-order valence-electron chi connectivity index (χ2n) is 7.36. The fourth-order valence-corrected chi connectivity index (χ4v) is 3.76. The Kier molecular flexibility index (Phi) is 4.76. The highest BCUT2D eigenvalue weighted by Gasteiger charge is 2.30. The number of hydrogen-bond acceptors (Lipinski definition) is 3. The summed E-state index contributed by atoms with van der Waals surface area (Å²) in [4.78, 5) is 14.4. The number of carbonyl (C=O) groups excluding carboxylic acids is 1. The number of aryl methyl sites for hydroxylation is 1. The third kappa shape index (κ3) is 3.38. The maximum Gasteiger partial charge on any atom is 0.227 e. The van der Waals surface area contributed by atoms with Gasteiger partial charge in [-0.15, -0.1) is 0 Å². The van der Waals surface area contributed by atoms with E-state index in [1.54, 1.807) is 23.1 Å². The second kappa shape index (κ2) is 7.19. The van der Waals surface area contributed by atoms with Gasteiger partial charge >= 0.3 is 0 Å². The summed E-state index contributed by atoms with van der Waals surface area (Å²) >= 11 is 0. The predicted molar refractivity (Wildman–Crippen MR) is 94.7 cm³/mol. The summed E-state index contributed by atoms with van der Waals surface area (Å²) < 4.78 is 15.7. The normalized spacial score (nSPS) is 18.8. The zero-order valence-corrected chi connectivity index (χ0v) is 14.8. The molecule has 2 aliphatic rings. The number of amides is 1. The van der Waals surface area contributed by atoms with Gasteiger partial charge in [-0.05, 0) is 42.9 Å². The monoisotopic (exact) mass is 357 g/mol. The van der Waals surface area contributed by atoms with Gasteiger partial charge in [-0.1, -0.05) is 24.6 Å². The number of benzene rings is 1. The molecular formula is C20H24FN3O2. The molecule has 5 nitrogen and oxygen atoms in total. The molecule has 1 aliphatic heterocycles. The quantitative estimate of drug-likeness (QED) is 0.915. The average molecular weight is 357 g/mol. The fraction of sp³-hybridized carbons (Fsp3) is 0.500. The largest absolute Gasteiger partial charge is 0.386 e. The topological polar surface area (TPSA) is 58.4 Å². The Balaban J connectivity index is 1.47. The zero-order chi connectivity index (χ0) is 18.1. The SMILES string of the molecule is O=C(Cc1ccccc1F)N1CCCn2nc([C@H](O)C3CCC3)cc2C1. The van der Waals surface area contributed by atoms with E-state index >= 15 is 0 Å². The van der Waals surface area contributed by atoms with Gasteiger partial charge in [0, 0.05) is 13.1 Å². The summed E-state index contributed by atoms with van der Waals surface area (Å²) in [6.45, 7) is 1.82. The Morgan fingerprint density at radius 3 is 2.81 bits per heavy atom. The van der Waals surface area contributed by atoms with Crippen LogP contribution < -0.4 is 0 Å². The highest BCUT2D eigenvalue weighted by molar-refractivity contribution is 5.78. The van der Waals surface area contributed by atoms with E-state index in [0.717, 1.165) is 31.5 Å².